The molecule has 3 nitrogen and oxygen atoms in total. The predicted molar refractivity (Wildman–Crippen MR) is 93.3 cm³/mol. The van der Waals surface area contributed by atoms with E-state index in [1.807, 2.05) is 6.08 Å². The van der Waals surface area contributed by atoms with Gasteiger partial charge in [0.2, 0.25) is 0 Å². The van der Waals surface area contributed by atoms with E-state index in [2.05, 4.69) is 18.7 Å². The molecule has 6 N–H and O–H groups in total. The van der Waals surface area contributed by atoms with Gasteiger partial charge in [0, 0.05) is 5.88 Å². The van der Waals surface area contributed by atoms with Gasteiger partial charge >= 0.3 is 0 Å². The molecule has 1 aliphatic carbocycles. The van der Waals surface area contributed by atoms with Gasteiger partial charge in [-0.2, -0.15) is 0 Å². The second-order valence-electron chi connectivity index (χ2n) is 6.37. The first-order chi connectivity index (χ1) is 10.1. The first-order valence-electron chi connectivity index (χ1n) is 8.09. The summed E-state index contributed by atoms with van der Waals surface area (Å²) in [6.45, 7) is 5.91. The zero-order valence-corrected chi connectivity index (χ0v) is 14.0. The van der Waals surface area contributed by atoms with Crippen LogP contribution < -0.4 is 17.2 Å². The average molecular weight is 314 g/mol. The van der Waals surface area contributed by atoms with E-state index in [9.17, 15) is 0 Å². The lowest BCUT2D eigenvalue weighted by Gasteiger charge is -2.52. The van der Waals surface area contributed by atoms with E-state index in [1.54, 1.807) is 0 Å². The molecule has 21 heavy (non-hydrogen) atoms. The molecule has 1 rings (SSSR count). The molecule has 0 bridgehead atoms. The van der Waals surface area contributed by atoms with Gasteiger partial charge in [0.25, 0.3) is 0 Å². The summed E-state index contributed by atoms with van der Waals surface area (Å²) in [6.07, 6.45) is 12.6. The normalized spacial score (nSPS) is 32.3. The van der Waals surface area contributed by atoms with E-state index in [0.29, 0.717) is 31.4 Å². The third-order valence-electron chi connectivity index (χ3n) is 5.19. The molecule has 4 heteroatoms. The molecule has 0 spiro atoms. The van der Waals surface area contributed by atoms with Crippen LogP contribution in [0.2, 0.25) is 0 Å². The molecule has 0 radical (unpaired) electrons. The van der Waals surface area contributed by atoms with Crippen LogP contribution >= 0.6 is 11.6 Å². The Morgan fingerprint density at radius 1 is 1.14 bits per heavy atom. The van der Waals surface area contributed by atoms with Crippen molar-refractivity contribution in [1.29, 1.82) is 0 Å². The Morgan fingerprint density at radius 3 is 2.38 bits per heavy atom. The van der Waals surface area contributed by atoms with Gasteiger partial charge in [-0.1, -0.05) is 18.2 Å². The highest BCUT2D eigenvalue weighted by Crippen LogP contribution is 2.55. The molecule has 0 fully saturated rings. The lowest BCUT2D eigenvalue weighted by molar-refractivity contribution is 0.0361. The first-order valence-corrected chi connectivity index (χ1v) is 8.63. The van der Waals surface area contributed by atoms with E-state index < -0.39 is 0 Å². The molecule has 1 aliphatic rings. The number of nitrogens with two attached hydrogens (primary N) is 3. The van der Waals surface area contributed by atoms with Crippen LogP contribution in [0.5, 0.6) is 0 Å². The van der Waals surface area contributed by atoms with E-state index in [1.165, 1.54) is 0 Å². The molecule has 0 amide bonds. The molecule has 0 heterocycles. The fraction of sp³-hybridized carbons (Fsp3) is 0.765. The number of rotatable bonds is 10. The van der Waals surface area contributed by atoms with Gasteiger partial charge in [0.1, 0.15) is 0 Å². The lowest BCUT2D eigenvalue weighted by atomic mass is 9.53. The van der Waals surface area contributed by atoms with Crippen molar-refractivity contribution in [1.82, 2.24) is 0 Å². The van der Waals surface area contributed by atoms with E-state index >= 15 is 0 Å². The van der Waals surface area contributed by atoms with E-state index in [-0.39, 0.29) is 10.8 Å². The zero-order valence-electron chi connectivity index (χ0n) is 13.2. The minimum atomic E-state index is 0.0563. The van der Waals surface area contributed by atoms with Gasteiger partial charge in [-0.15, -0.1) is 18.2 Å². The SMILES string of the molecule is C=CCCC1(CCN)C=CCC(CCl)(CCN)C1CCN. The Hall–Kier alpha value is -0.350. The average Bonchev–Trinajstić information content (AvgIpc) is 2.49. The van der Waals surface area contributed by atoms with Crippen molar-refractivity contribution >= 4 is 11.6 Å². The van der Waals surface area contributed by atoms with Crippen LogP contribution in [0.4, 0.5) is 0 Å². The first kappa shape index (κ1) is 18.7. The quantitative estimate of drug-likeness (QED) is 0.428. The Kier molecular flexibility index (Phi) is 7.96. The Balaban J connectivity index is 3.20. The number of allylic oxidation sites excluding steroid dienone is 3. The number of alkyl halides is 1. The van der Waals surface area contributed by atoms with Crippen LogP contribution in [-0.2, 0) is 0 Å². The summed E-state index contributed by atoms with van der Waals surface area (Å²) < 4.78 is 0. The topological polar surface area (TPSA) is 78.1 Å². The van der Waals surface area contributed by atoms with Crippen LogP contribution in [0, 0.1) is 16.7 Å². The fourth-order valence-electron chi connectivity index (χ4n) is 4.21. The molecule has 122 valence electrons. The van der Waals surface area contributed by atoms with Crippen molar-refractivity contribution in [2.75, 3.05) is 25.5 Å². The van der Waals surface area contributed by atoms with Crippen molar-refractivity contribution < 1.29 is 0 Å². The number of hydrogen-bond donors (Lipinski definition) is 3. The van der Waals surface area contributed by atoms with Crippen molar-refractivity contribution in [3.8, 4) is 0 Å². The minimum absolute atomic E-state index is 0.0563. The van der Waals surface area contributed by atoms with Crippen LogP contribution in [-0.4, -0.2) is 25.5 Å². The maximum atomic E-state index is 6.43. The summed E-state index contributed by atoms with van der Waals surface area (Å²) in [6, 6.07) is 0. The molecule has 0 saturated carbocycles. The summed E-state index contributed by atoms with van der Waals surface area (Å²) in [5.74, 6) is 1.09. The summed E-state index contributed by atoms with van der Waals surface area (Å²) in [4.78, 5) is 0. The fourth-order valence-corrected chi connectivity index (χ4v) is 4.64. The van der Waals surface area contributed by atoms with Crippen LogP contribution in [0.1, 0.15) is 38.5 Å². The Morgan fingerprint density at radius 2 is 1.86 bits per heavy atom. The van der Waals surface area contributed by atoms with E-state index in [0.717, 1.165) is 38.5 Å². The standard InChI is InChI=1S/C17H32ClN3/c1-2-3-6-16(9-12-20)7-4-8-17(14-18,10-13-21)15(16)5-11-19/h2,4,7,15H,1,3,5-6,8-14,19-21H2. The highest BCUT2D eigenvalue weighted by Gasteiger charge is 2.49. The summed E-state index contributed by atoms with van der Waals surface area (Å²) in [7, 11) is 0. The molecule has 0 saturated heterocycles. The Labute approximate surface area is 135 Å². The maximum Gasteiger partial charge on any atom is 0.0286 e. The smallest absolute Gasteiger partial charge is 0.0286 e. The maximum absolute atomic E-state index is 6.43. The van der Waals surface area contributed by atoms with Gasteiger partial charge in [-0.3, -0.25) is 0 Å². The van der Waals surface area contributed by atoms with Crippen molar-refractivity contribution in [2.24, 2.45) is 33.9 Å². The number of hydrogen-bond acceptors (Lipinski definition) is 3. The molecule has 0 aromatic rings. The highest BCUT2D eigenvalue weighted by molar-refractivity contribution is 6.18. The lowest BCUT2D eigenvalue weighted by Crippen LogP contribution is -2.48. The van der Waals surface area contributed by atoms with Gasteiger partial charge in [0.15, 0.2) is 0 Å². The molecular weight excluding hydrogens is 282 g/mol. The second-order valence-corrected chi connectivity index (χ2v) is 6.64. The van der Waals surface area contributed by atoms with Gasteiger partial charge < -0.3 is 17.2 Å². The largest absolute Gasteiger partial charge is 0.330 e. The van der Waals surface area contributed by atoms with Gasteiger partial charge in [0.05, 0.1) is 0 Å². The third kappa shape index (κ3) is 4.10. The van der Waals surface area contributed by atoms with Gasteiger partial charge in [-0.25, -0.2) is 0 Å². The molecular formula is C17H32ClN3. The second kappa shape index (κ2) is 8.94. The molecule has 0 aromatic heterocycles. The van der Waals surface area contributed by atoms with Crippen LogP contribution in [0.25, 0.3) is 0 Å². The molecule has 3 unspecified atom stereocenters. The molecule has 0 aliphatic heterocycles. The van der Waals surface area contributed by atoms with Crippen molar-refractivity contribution in [3.05, 3.63) is 24.8 Å². The Bertz CT molecular complexity index is 345. The molecule has 3 atom stereocenters. The minimum Gasteiger partial charge on any atom is -0.330 e. The van der Waals surface area contributed by atoms with Crippen molar-refractivity contribution in [3.63, 3.8) is 0 Å². The third-order valence-corrected chi connectivity index (χ3v) is 5.73. The monoisotopic (exact) mass is 313 g/mol. The summed E-state index contributed by atoms with van der Waals surface area (Å²) in [5.41, 5.74) is 17.9. The predicted octanol–water partition coefficient (Wildman–Crippen LogP) is 2.79. The number of halogens is 1. The van der Waals surface area contributed by atoms with Gasteiger partial charge in [-0.05, 0) is 74.9 Å². The van der Waals surface area contributed by atoms with Crippen molar-refractivity contribution in [2.45, 2.75) is 38.5 Å². The van der Waals surface area contributed by atoms with Crippen LogP contribution in [0.3, 0.4) is 0 Å². The zero-order chi connectivity index (χ0) is 15.8. The molecule has 0 aromatic carbocycles. The highest BCUT2D eigenvalue weighted by atomic mass is 35.5. The van der Waals surface area contributed by atoms with E-state index in [4.69, 9.17) is 28.8 Å². The van der Waals surface area contributed by atoms with Crippen LogP contribution in [0.15, 0.2) is 24.8 Å². The summed E-state index contributed by atoms with van der Waals surface area (Å²) in [5, 5.41) is 0. The summed E-state index contributed by atoms with van der Waals surface area (Å²) >= 11 is 6.43.